The van der Waals surface area contributed by atoms with Crippen LogP contribution in [0.15, 0.2) is 36.5 Å². The van der Waals surface area contributed by atoms with Crippen LogP contribution in [0.1, 0.15) is 31.2 Å². The Morgan fingerprint density at radius 2 is 1.95 bits per heavy atom. The monoisotopic (exact) mass is 256 g/mol. The second-order valence-corrected chi connectivity index (χ2v) is 5.77. The van der Waals surface area contributed by atoms with E-state index in [4.69, 9.17) is 0 Å². The van der Waals surface area contributed by atoms with Gasteiger partial charge >= 0.3 is 0 Å². The van der Waals surface area contributed by atoms with Crippen molar-refractivity contribution in [2.45, 2.75) is 25.7 Å². The molecule has 2 aliphatic rings. The van der Waals surface area contributed by atoms with E-state index >= 15 is 0 Å². The number of carbonyl (C=O) groups is 1. The average molecular weight is 256 g/mol. The summed E-state index contributed by atoms with van der Waals surface area (Å²) in [5.41, 5.74) is 3.39. The number of hydrogen-bond donors (Lipinski definition) is 1. The number of rotatable bonds is 2. The Hall–Kier alpha value is -1.77. The van der Waals surface area contributed by atoms with Crippen molar-refractivity contribution in [3.8, 4) is 0 Å². The number of nitrogens with zero attached hydrogens (tertiary/aromatic N) is 1. The summed E-state index contributed by atoms with van der Waals surface area (Å²) >= 11 is 0. The number of allylic oxidation sites excluding steroid dienone is 1. The molecule has 1 aromatic rings. The molecule has 2 aliphatic heterocycles. The van der Waals surface area contributed by atoms with E-state index < -0.39 is 0 Å². The molecule has 0 bridgehead atoms. The van der Waals surface area contributed by atoms with Gasteiger partial charge in [0.2, 0.25) is 5.91 Å². The first-order chi connectivity index (χ1) is 9.13. The predicted octanol–water partition coefficient (Wildman–Crippen LogP) is 2.65. The molecule has 2 saturated heterocycles. The molecule has 100 valence electrons. The number of nitrogens with one attached hydrogen (secondary N) is 1. The maximum absolute atomic E-state index is 11.3. The van der Waals surface area contributed by atoms with Crippen LogP contribution in [-0.2, 0) is 4.79 Å². The van der Waals surface area contributed by atoms with E-state index in [0.29, 0.717) is 6.42 Å². The largest absolute Gasteiger partial charge is 0.371 e. The molecule has 1 amide bonds. The van der Waals surface area contributed by atoms with E-state index in [1.165, 1.54) is 11.3 Å². The molecule has 0 spiro atoms. The van der Waals surface area contributed by atoms with Crippen LogP contribution < -0.4 is 10.2 Å². The Bertz CT molecular complexity index is 500. The molecule has 2 heterocycles. The third-order valence-corrected chi connectivity index (χ3v) is 4.11. The summed E-state index contributed by atoms with van der Waals surface area (Å²) in [5.74, 6) is 1.17. The van der Waals surface area contributed by atoms with Crippen molar-refractivity contribution >= 4 is 11.6 Å². The smallest absolute Gasteiger partial charge is 0.224 e. The molecule has 19 heavy (non-hydrogen) atoms. The number of anilines is 1. The highest BCUT2D eigenvalue weighted by Crippen LogP contribution is 2.32. The fourth-order valence-electron chi connectivity index (χ4n) is 2.97. The minimum absolute atomic E-state index is 0.0902. The van der Waals surface area contributed by atoms with Crippen molar-refractivity contribution in [3.05, 3.63) is 42.1 Å². The molecule has 0 saturated carbocycles. The van der Waals surface area contributed by atoms with Crippen LogP contribution in [0.25, 0.3) is 0 Å². The summed E-state index contributed by atoms with van der Waals surface area (Å²) in [6, 6.07) is 8.72. The number of hydrogen-bond acceptors (Lipinski definition) is 2. The topological polar surface area (TPSA) is 32.3 Å². The van der Waals surface area contributed by atoms with Gasteiger partial charge in [-0.3, -0.25) is 4.79 Å². The first-order valence-corrected chi connectivity index (χ1v) is 6.97. The Balaban J connectivity index is 1.72. The predicted molar refractivity (Wildman–Crippen MR) is 77.1 cm³/mol. The van der Waals surface area contributed by atoms with Crippen molar-refractivity contribution in [3.63, 3.8) is 0 Å². The lowest BCUT2D eigenvalue weighted by atomic mass is 9.88. The van der Waals surface area contributed by atoms with Crippen LogP contribution in [0.2, 0.25) is 0 Å². The van der Waals surface area contributed by atoms with Gasteiger partial charge < -0.3 is 10.2 Å². The second kappa shape index (κ2) is 4.72. The highest BCUT2D eigenvalue weighted by atomic mass is 16.1. The molecular formula is C16H20N2O. The van der Waals surface area contributed by atoms with E-state index in [0.717, 1.165) is 31.1 Å². The number of benzene rings is 1. The summed E-state index contributed by atoms with van der Waals surface area (Å²) in [5, 5.41) is 2.85. The van der Waals surface area contributed by atoms with Gasteiger partial charge in [-0.1, -0.05) is 25.6 Å². The zero-order chi connectivity index (χ0) is 13.4. The molecule has 3 heteroatoms. The standard InChI is InChI=1S/C16H20N2O/c1-11-9-18(10-11)14-5-3-13(4-6-14)15-7-8-16(19)17-12(15)2/h3-6,11,15H,2,7-10H2,1H3,(H,17,19). The molecular weight excluding hydrogens is 236 g/mol. The molecule has 1 aromatic carbocycles. The van der Waals surface area contributed by atoms with Gasteiger partial charge in [-0.25, -0.2) is 0 Å². The lowest BCUT2D eigenvalue weighted by Gasteiger charge is -2.39. The fraction of sp³-hybridized carbons (Fsp3) is 0.438. The number of carbonyl (C=O) groups excluding carboxylic acids is 1. The van der Waals surface area contributed by atoms with Crippen molar-refractivity contribution in [1.82, 2.24) is 5.32 Å². The maximum Gasteiger partial charge on any atom is 0.224 e. The first kappa shape index (κ1) is 12.3. The fourth-order valence-corrected chi connectivity index (χ4v) is 2.97. The van der Waals surface area contributed by atoms with Crippen LogP contribution in [0.3, 0.4) is 0 Å². The van der Waals surface area contributed by atoms with E-state index in [9.17, 15) is 4.79 Å². The van der Waals surface area contributed by atoms with Crippen molar-refractivity contribution < 1.29 is 4.79 Å². The van der Waals surface area contributed by atoms with E-state index in [1.807, 2.05) is 0 Å². The normalized spacial score (nSPS) is 24.1. The van der Waals surface area contributed by atoms with Crippen molar-refractivity contribution in [2.75, 3.05) is 18.0 Å². The lowest BCUT2D eigenvalue weighted by Crippen LogP contribution is -2.45. The van der Waals surface area contributed by atoms with Gasteiger partial charge in [-0.05, 0) is 30.0 Å². The summed E-state index contributed by atoms with van der Waals surface area (Å²) in [7, 11) is 0. The summed E-state index contributed by atoms with van der Waals surface area (Å²) in [6.07, 6.45) is 1.46. The first-order valence-electron chi connectivity index (χ1n) is 6.97. The van der Waals surface area contributed by atoms with Crippen LogP contribution in [0.4, 0.5) is 5.69 Å². The number of piperidine rings is 1. The average Bonchev–Trinajstić information content (AvgIpc) is 2.36. The minimum Gasteiger partial charge on any atom is -0.371 e. The van der Waals surface area contributed by atoms with Crippen LogP contribution in [-0.4, -0.2) is 19.0 Å². The minimum atomic E-state index is 0.0902. The Morgan fingerprint density at radius 3 is 2.53 bits per heavy atom. The maximum atomic E-state index is 11.3. The Labute approximate surface area is 114 Å². The molecule has 2 fully saturated rings. The lowest BCUT2D eigenvalue weighted by molar-refractivity contribution is -0.121. The molecule has 3 nitrogen and oxygen atoms in total. The Kier molecular flexibility index (Phi) is 3.05. The molecule has 0 aliphatic carbocycles. The highest BCUT2D eigenvalue weighted by molar-refractivity contribution is 5.79. The molecule has 1 unspecified atom stereocenters. The zero-order valence-corrected chi connectivity index (χ0v) is 11.4. The summed E-state index contributed by atoms with van der Waals surface area (Å²) in [4.78, 5) is 13.7. The molecule has 0 aromatic heterocycles. The van der Waals surface area contributed by atoms with Gasteiger partial charge in [0.05, 0.1) is 0 Å². The third kappa shape index (κ3) is 2.37. The van der Waals surface area contributed by atoms with E-state index in [-0.39, 0.29) is 11.8 Å². The van der Waals surface area contributed by atoms with E-state index in [2.05, 4.69) is 48.0 Å². The van der Waals surface area contributed by atoms with Gasteiger partial charge in [0, 0.05) is 36.8 Å². The highest BCUT2D eigenvalue weighted by Gasteiger charge is 2.25. The van der Waals surface area contributed by atoms with Crippen LogP contribution in [0.5, 0.6) is 0 Å². The van der Waals surface area contributed by atoms with Gasteiger partial charge in [0.15, 0.2) is 0 Å². The summed E-state index contributed by atoms with van der Waals surface area (Å²) < 4.78 is 0. The molecule has 0 radical (unpaired) electrons. The quantitative estimate of drug-likeness (QED) is 0.882. The molecule has 1 atom stereocenters. The molecule has 1 N–H and O–H groups in total. The third-order valence-electron chi connectivity index (χ3n) is 4.11. The van der Waals surface area contributed by atoms with Gasteiger partial charge in [0.25, 0.3) is 0 Å². The SMILES string of the molecule is C=C1NC(=O)CCC1c1ccc(N2CC(C)C2)cc1. The molecule has 3 rings (SSSR count). The van der Waals surface area contributed by atoms with Crippen LogP contribution in [0, 0.1) is 5.92 Å². The van der Waals surface area contributed by atoms with Gasteiger partial charge in [-0.15, -0.1) is 0 Å². The summed E-state index contributed by atoms with van der Waals surface area (Å²) in [6.45, 7) is 8.57. The second-order valence-electron chi connectivity index (χ2n) is 5.77. The van der Waals surface area contributed by atoms with Gasteiger partial charge in [0.1, 0.15) is 0 Å². The zero-order valence-electron chi connectivity index (χ0n) is 11.4. The number of amides is 1. The Morgan fingerprint density at radius 1 is 1.26 bits per heavy atom. The van der Waals surface area contributed by atoms with Gasteiger partial charge in [-0.2, -0.15) is 0 Å². The van der Waals surface area contributed by atoms with Crippen LogP contribution >= 0.6 is 0 Å². The van der Waals surface area contributed by atoms with Crippen molar-refractivity contribution in [2.24, 2.45) is 5.92 Å². The van der Waals surface area contributed by atoms with E-state index in [1.54, 1.807) is 0 Å². The van der Waals surface area contributed by atoms with Crippen molar-refractivity contribution in [1.29, 1.82) is 0 Å².